The maximum Gasteiger partial charge on any atom is 0.248 e. The lowest BCUT2D eigenvalue weighted by Gasteiger charge is -2.20. The Labute approximate surface area is 203 Å². The van der Waals surface area contributed by atoms with E-state index in [-0.39, 0.29) is 30.1 Å². The van der Waals surface area contributed by atoms with E-state index in [2.05, 4.69) is 61.5 Å². The molecule has 0 spiro atoms. The van der Waals surface area contributed by atoms with Crippen LogP contribution < -0.4 is 21.1 Å². The number of nitrogens with zero attached hydrogens (tertiary/aromatic N) is 1. The van der Waals surface area contributed by atoms with Crippen LogP contribution in [-0.4, -0.2) is 25.0 Å². The van der Waals surface area contributed by atoms with Crippen LogP contribution in [0.25, 0.3) is 0 Å². The van der Waals surface area contributed by atoms with Crippen molar-refractivity contribution >= 4 is 35.8 Å². The molecule has 0 aromatic heterocycles. The van der Waals surface area contributed by atoms with E-state index in [1.165, 1.54) is 5.56 Å². The van der Waals surface area contributed by atoms with Crippen LogP contribution in [-0.2, 0) is 13.1 Å². The maximum absolute atomic E-state index is 11.4. The van der Waals surface area contributed by atoms with Gasteiger partial charge >= 0.3 is 0 Å². The minimum absolute atomic E-state index is 0. The first-order valence-corrected chi connectivity index (χ1v) is 10.4. The summed E-state index contributed by atoms with van der Waals surface area (Å²) < 4.78 is 6.22. The molecule has 0 radical (unpaired) electrons. The van der Waals surface area contributed by atoms with Crippen molar-refractivity contribution < 1.29 is 9.53 Å². The van der Waals surface area contributed by atoms with Crippen LogP contribution in [0.3, 0.4) is 0 Å². The second-order valence-corrected chi connectivity index (χ2v) is 8.01. The van der Waals surface area contributed by atoms with Gasteiger partial charge in [0.2, 0.25) is 5.91 Å². The number of hydrogen-bond donors (Lipinski definition) is 3. The molecule has 2 aromatic carbocycles. The maximum atomic E-state index is 11.4. The highest BCUT2D eigenvalue weighted by molar-refractivity contribution is 14.0. The highest BCUT2D eigenvalue weighted by atomic mass is 127. The number of aliphatic imine (C=N–C) groups is 1. The number of nitrogens with one attached hydrogen (secondary N) is 2. The van der Waals surface area contributed by atoms with Gasteiger partial charge in [-0.15, -0.1) is 24.0 Å². The number of primary amides is 1. The average molecular weight is 538 g/mol. The van der Waals surface area contributed by atoms with Crippen molar-refractivity contribution in [2.75, 3.05) is 7.05 Å². The molecule has 0 bridgehead atoms. The van der Waals surface area contributed by atoms with Gasteiger partial charge in [-0.05, 0) is 55.5 Å². The normalized spacial score (nSPS) is 12.1. The fourth-order valence-corrected chi connectivity index (χ4v) is 3.27. The molecule has 0 saturated carbocycles. The molecular formula is C24H35IN4O2. The zero-order valence-corrected chi connectivity index (χ0v) is 21.4. The largest absolute Gasteiger partial charge is 0.490 e. The van der Waals surface area contributed by atoms with E-state index in [9.17, 15) is 4.79 Å². The molecule has 0 aliphatic heterocycles. The summed E-state index contributed by atoms with van der Waals surface area (Å²) in [6.45, 7) is 9.70. The van der Waals surface area contributed by atoms with E-state index in [0.717, 1.165) is 23.3 Å². The Morgan fingerprint density at radius 2 is 1.81 bits per heavy atom. The van der Waals surface area contributed by atoms with Gasteiger partial charge in [0.25, 0.3) is 0 Å². The first-order chi connectivity index (χ1) is 14.3. The number of guanidine groups is 1. The summed E-state index contributed by atoms with van der Waals surface area (Å²) in [5.74, 6) is 1.72. The van der Waals surface area contributed by atoms with Gasteiger partial charge in [0.05, 0.1) is 6.10 Å². The standard InChI is InChI=1S/C24H34N4O2.HI/c1-16(2)11-18(4)30-22-12-17(3)9-10-21(22)15-28-24(26-5)27-14-19-7-6-8-20(13-19)23(25)29;/h6-10,12-13,16,18H,11,14-15H2,1-5H3,(H2,25,29)(H2,26,27,28);1H. The Bertz CT molecular complexity index is 884. The SMILES string of the molecule is CN=C(NCc1cccc(C(N)=O)c1)NCc1ccc(C)cc1OC(C)CC(C)C.I. The minimum atomic E-state index is -0.432. The number of rotatable bonds is 9. The predicted molar refractivity (Wildman–Crippen MR) is 138 cm³/mol. The number of nitrogens with two attached hydrogens (primary N) is 1. The molecule has 1 amide bonds. The van der Waals surface area contributed by atoms with Gasteiger partial charge in [0, 0.05) is 31.3 Å². The molecule has 2 rings (SSSR count). The molecule has 0 heterocycles. The summed E-state index contributed by atoms with van der Waals surface area (Å²) in [5.41, 5.74) is 9.05. The van der Waals surface area contributed by atoms with Crippen LogP contribution in [0.5, 0.6) is 5.75 Å². The molecule has 0 fully saturated rings. The summed E-state index contributed by atoms with van der Waals surface area (Å²) in [5, 5.41) is 6.60. The van der Waals surface area contributed by atoms with Gasteiger partial charge in [-0.25, -0.2) is 0 Å². The highest BCUT2D eigenvalue weighted by Crippen LogP contribution is 2.23. The van der Waals surface area contributed by atoms with Crippen molar-refractivity contribution in [1.29, 1.82) is 0 Å². The number of carbonyl (C=O) groups excluding carboxylic acids is 1. The molecule has 2 aromatic rings. The van der Waals surface area contributed by atoms with Crippen LogP contribution in [0.2, 0.25) is 0 Å². The molecule has 1 atom stereocenters. The molecule has 0 saturated heterocycles. The molecule has 6 nitrogen and oxygen atoms in total. The van der Waals surface area contributed by atoms with Crippen LogP contribution in [0.1, 0.15) is 54.2 Å². The number of hydrogen-bond acceptors (Lipinski definition) is 3. The van der Waals surface area contributed by atoms with Crippen molar-refractivity contribution in [2.45, 2.75) is 53.3 Å². The minimum Gasteiger partial charge on any atom is -0.490 e. The quantitative estimate of drug-likeness (QED) is 0.251. The number of halogens is 1. The lowest BCUT2D eigenvalue weighted by molar-refractivity contribution is 0.1000. The summed E-state index contributed by atoms with van der Waals surface area (Å²) in [7, 11) is 1.73. The van der Waals surface area contributed by atoms with E-state index in [1.54, 1.807) is 19.2 Å². The number of benzene rings is 2. The summed E-state index contributed by atoms with van der Waals surface area (Å²) >= 11 is 0. The third-order valence-electron chi connectivity index (χ3n) is 4.70. The zero-order chi connectivity index (χ0) is 22.1. The molecule has 4 N–H and O–H groups in total. The van der Waals surface area contributed by atoms with Gasteiger partial charge in [-0.1, -0.05) is 38.1 Å². The Hall–Kier alpha value is -2.29. The van der Waals surface area contributed by atoms with Crippen molar-refractivity contribution in [3.05, 3.63) is 64.7 Å². The van der Waals surface area contributed by atoms with Gasteiger partial charge in [0.1, 0.15) is 5.75 Å². The Balaban J connectivity index is 0.00000480. The Kier molecular flexibility index (Phi) is 11.4. The molecule has 7 heteroatoms. The number of carbonyl (C=O) groups is 1. The van der Waals surface area contributed by atoms with Crippen LogP contribution in [0, 0.1) is 12.8 Å². The summed E-state index contributed by atoms with van der Waals surface area (Å²) in [6, 6.07) is 13.5. The third kappa shape index (κ3) is 9.16. The Morgan fingerprint density at radius 3 is 2.45 bits per heavy atom. The predicted octanol–water partition coefficient (Wildman–Crippen LogP) is 4.39. The van der Waals surface area contributed by atoms with E-state index in [0.29, 0.717) is 30.5 Å². The van der Waals surface area contributed by atoms with E-state index >= 15 is 0 Å². The van der Waals surface area contributed by atoms with E-state index < -0.39 is 5.91 Å². The number of amides is 1. The molecule has 1 unspecified atom stereocenters. The van der Waals surface area contributed by atoms with Gasteiger partial charge in [-0.3, -0.25) is 9.79 Å². The zero-order valence-electron chi connectivity index (χ0n) is 19.1. The topological polar surface area (TPSA) is 88.7 Å². The fourth-order valence-electron chi connectivity index (χ4n) is 3.27. The summed E-state index contributed by atoms with van der Waals surface area (Å²) in [6.07, 6.45) is 1.16. The smallest absolute Gasteiger partial charge is 0.248 e. The molecule has 31 heavy (non-hydrogen) atoms. The molecule has 170 valence electrons. The van der Waals surface area contributed by atoms with Crippen LogP contribution in [0.15, 0.2) is 47.5 Å². The van der Waals surface area contributed by atoms with Crippen LogP contribution in [0.4, 0.5) is 0 Å². The first-order valence-electron chi connectivity index (χ1n) is 10.4. The van der Waals surface area contributed by atoms with E-state index in [4.69, 9.17) is 10.5 Å². The monoisotopic (exact) mass is 538 g/mol. The second kappa shape index (κ2) is 13.2. The van der Waals surface area contributed by atoms with Crippen molar-refractivity contribution in [3.8, 4) is 5.75 Å². The van der Waals surface area contributed by atoms with Gasteiger partial charge in [0.15, 0.2) is 5.96 Å². The van der Waals surface area contributed by atoms with Gasteiger partial charge in [-0.2, -0.15) is 0 Å². The average Bonchev–Trinajstić information content (AvgIpc) is 2.69. The Morgan fingerprint density at radius 1 is 1.10 bits per heavy atom. The van der Waals surface area contributed by atoms with E-state index in [1.807, 2.05) is 12.1 Å². The van der Waals surface area contributed by atoms with Crippen molar-refractivity contribution in [2.24, 2.45) is 16.6 Å². The lowest BCUT2D eigenvalue weighted by Crippen LogP contribution is -2.36. The number of aryl methyl sites for hydroxylation is 1. The molecule has 0 aliphatic rings. The van der Waals surface area contributed by atoms with Crippen LogP contribution >= 0.6 is 24.0 Å². The summed E-state index contributed by atoms with van der Waals surface area (Å²) in [4.78, 5) is 15.6. The fraction of sp³-hybridized carbons (Fsp3) is 0.417. The third-order valence-corrected chi connectivity index (χ3v) is 4.70. The second-order valence-electron chi connectivity index (χ2n) is 8.01. The highest BCUT2D eigenvalue weighted by Gasteiger charge is 2.11. The van der Waals surface area contributed by atoms with Crippen molar-refractivity contribution in [3.63, 3.8) is 0 Å². The number of ether oxygens (including phenoxy) is 1. The first kappa shape index (κ1) is 26.7. The lowest BCUT2D eigenvalue weighted by atomic mass is 10.1. The molecule has 0 aliphatic carbocycles. The molecular weight excluding hydrogens is 503 g/mol. The van der Waals surface area contributed by atoms with Gasteiger partial charge < -0.3 is 21.1 Å². The van der Waals surface area contributed by atoms with Crippen molar-refractivity contribution in [1.82, 2.24) is 10.6 Å².